The van der Waals surface area contributed by atoms with Crippen LogP contribution in [-0.4, -0.2) is 41.0 Å². The van der Waals surface area contributed by atoms with E-state index in [4.69, 9.17) is 19.3 Å². The van der Waals surface area contributed by atoms with E-state index in [0.29, 0.717) is 12.8 Å². The van der Waals surface area contributed by atoms with E-state index >= 15 is 0 Å². The highest BCUT2D eigenvalue weighted by atomic mass is 31.2. The second-order valence-electron chi connectivity index (χ2n) is 5.85. The van der Waals surface area contributed by atoms with Crippen molar-refractivity contribution in [2.45, 2.75) is 77.7 Å². The quantitative estimate of drug-likeness (QED) is 0.252. The molecule has 0 aromatic rings. The van der Waals surface area contributed by atoms with Gasteiger partial charge < -0.3 is 19.3 Å². The first-order valence-corrected chi connectivity index (χ1v) is 10.4. The molecule has 0 aromatic heterocycles. The second-order valence-corrected chi connectivity index (χ2v) is 7.09. The predicted octanol–water partition coefficient (Wildman–Crippen LogP) is 3.10. The molecule has 1 unspecified atom stereocenters. The van der Waals surface area contributed by atoms with Crippen LogP contribution in [0.2, 0.25) is 0 Å². The van der Waals surface area contributed by atoms with Gasteiger partial charge in [-0.2, -0.15) is 0 Å². The summed E-state index contributed by atoms with van der Waals surface area (Å²) < 4.78 is 25.2. The normalized spacial score (nSPS) is 12.6. The number of hydrogen-bond donors (Lipinski definition) is 2. The van der Waals surface area contributed by atoms with Crippen molar-refractivity contribution >= 4 is 19.8 Å². The van der Waals surface area contributed by atoms with Gasteiger partial charge in [-0.3, -0.25) is 14.1 Å². The standard InChI is InChI=1S/C16H31O8P/c1-3-5-6-7-8-9-11-16(18)24-14(13-23-25(19,20)21)12-22-15(17)10-4-2/h14H,3-13H2,1-2H3,(H2,19,20,21). The van der Waals surface area contributed by atoms with Gasteiger partial charge in [-0.05, 0) is 12.8 Å². The van der Waals surface area contributed by atoms with E-state index in [9.17, 15) is 14.2 Å². The van der Waals surface area contributed by atoms with Crippen molar-refractivity contribution in [1.29, 1.82) is 0 Å². The molecule has 0 radical (unpaired) electrons. The summed E-state index contributed by atoms with van der Waals surface area (Å²) in [5, 5.41) is 0. The molecule has 25 heavy (non-hydrogen) atoms. The molecule has 0 spiro atoms. The summed E-state index contributed by atoms with van der Waals surface area (Å²) in [7, 11) is -4.69. The van der Waals surface area contributed by atoms with Crippen LogP contribution in [-0.2, 0) is 28.2 Å². The van der Waals surface area contributed by atoms with E-state index in [2.05, 4.69) is 11.4 Å². The number of rotatable bonds is 15. The van der Waals surface area contributed by atoms with Crippen molar-refractivity contribution in [1.82, 2.24) is 0 Å². The molecule has 148 valence electrons. The Morgan fingerprint density at radius 3 is 2.12 bits per heavy atom. The summed E-state index contributed by atoms with van der Waals surface area (Å²) in [6.07, 6.45) is 6.13. The van der Waals surface area contributed by atoms with Crippen molar-refractivity contribution in [2.24, 2.45) is 0 Å². The van der Waals surface area contributed by atoms with Crippen LogP contribution in [0.1, 0.15) is 71.6 Å². The molecule has 0 saturated carbocycles. The fourth-order valence-electron chi connectivity index (χ4n) is 2.05. The molecular formula is C16H31O8P. The Morgan fingerprint density at radius 2 is 1.52 bits per heavy atom. The Kier molecular flexibility index (Phi) is 13.7. The molecule has 0 bridgehead atoms. The van der Waals surface area contributed by atoms with Gasteiger partial charge in [-0.1, -0.05) is 46.0 Å². The Morgan fingerprint density at radius 1 is 0.880 bits per heavy atom. The Labute approximate surface area is 149 Å². The molecule has 0 aliphatic carbocycles. The van der Waals surface area contributed by atoms with Crippen LogP contribution in [0.5, 0.6) is 0 Å². The third-order valence-corrected chi connectivity index (χ3v) is 3.83. The van der Waals surface area contributed by atoms with Crippen molar-refractivity contribution in [3.05, 3.63) is 0 Å². The maximum absolute atomic E-state index is 11.8. The van der Waals surface area contributed by atoms with E-state index in [-0.39, 0.29) is 19.4 Å². The molecule has 1 atom stereocenters. The van der Waals surface area contributed by atoms with E-state index < -0.39 is 32.5 Å². The largest absolute Gasteiger partial charge is 0.469 e. The third-order valence-electron chi connectivity index (χ3n) is 3.35. The minimum absolute atomic E-state index is 0.210. The minimum atomic E-state index is -4.69. The molecule has 0 aliphatic rings. The molecular weight excluding hydrogens is 351 g/mol. The fraction of sp³-hybridized carbons (Fsp3) is 0.875. The van der Waals surface area contributed by atoms with Crippen LogP contribution >= 0.6 is 7.82 Å². The SMILES string of the molecule is CCCCCCCCC(=O)OC(COC(=O)CCC)COP(=O)(O)O. The zero-order chi connectivity index (χ0) is 19.1. The lowest BCUT2D eigenvalue weighted by Gasteiger charge is -2.18. The summed E-state index contributed by atoms with van der Waals surface area (Å²) >= 11 is 0. The number of hydrogen-bond acceptors (Lipinski definition) is 6. The number of ether oxygens (including phenoxy) is 2. The van der Waals surface area contributed by atoms with E-state index in [1.165, 1.54) is 6.42 Å². The molecule has 9 heteroatoms. The number of unbranched alkanes of at least 4 members (excludes halogenated alkanes) is 5. The minimum Gasteiger partial charge on any atom is -0.462 e. The third kappa shape index (κ3) is 16.3. The van der Waals surface area contributed by atoms with Gasteiger partial charge in [0, 0.05) is 12.8 Å². The highest BCUT2D eigenvalue weighted by Gasteiger charge is 2.22. The lowest BCUT2D eigenvalue weighted by molar-refractivity contribution is -0.161. The predicted molar refractivity (Wildman–Crippen MR) is 91.7 cm³/mol. The first-order valence-electron chi connectivity index (χ1n) is 8.83. The summed E-state index contributed by atoms with van der Waals surface area (Å²) in [6, 6.07) is 0. The average Bonchev–Trinajstić information content (AvgIpc) is 2.53. The monoisotopic (exact) mass is 382 g/mol. The van der Waals surface area contributed by atoms with Crippen LogP contribution in [0, 0.1) is 0 Å². The Balaban J connectivity index is 4.23. The van der Waals surface area contributed by atoms with Crippen LogP contribution in [0.3, 0.4) is 0 Å². The first-order chi connectivity index (χ1) is 11.8. The van der Waals surface area contributed by atoms with Crippen LogP contribution in [0.15, 0.2) is 0 Å². The molecule has 8 nitrogen and oxygen atoms in total. The molecule has 0 heterocycles. The van der Waals surface area contributed by atoms with Gasteiger partial charge in [0.25, 0.3) is 0 Å². The van der Waals surface area contributed by atoms with Gasteiger partial charge in [-0.25, -0.2) is 4.57 Å². The molecule has 0 aliphatic heterocycles. The summed E-state index contributed by atoms with van der Waals surface area (Å²) in [5.41, 5.74) is 0. The molecule has 0 fully saturated rings. The average molecular weight is 382 g/mol. The number of carbonyl (C=O) groups is 2. The van der Waals surface area contributed by atoms with Crippen molar-refractivity contribution < 1.29 is 37.9 Å². The van der Waals surface area contributed by atoms with Gasteiger partial charge >= 0.3 is 19.8 Å². The highest BCUT2D eigenvalue weighted by molar-refractivity contribution is 7.46. The second kappa shape index (κ2) is 14.2. The molecule has 0 saturated heterocycles. The van der Waals surface area contributed by atoms with Gasteiger partial charge in [0.05, 0.1) is 6.61 Å². The summed E-state index contributed by atoms with van der Waals surface area (Å²) in [6.45, 7) is 3.12. The lowest BCUT2D eigenvalue weighted by atomic mass is 10.1. The topological polar surface area (TPSA) is 119 Å². The van der Waals surface area contributed by atoms with Gasteiger partial charge in [0.15, 0.2) is 6.10 Å². The van der Waals surface area contributed by atoms with Gasteiger partial charge in [0.1, 0.15) is 6.61 Å². The number of phosphoric ester groups is 1. The van der Waals surface area contributed by atoms with Gasteiger partial charge in [0.2, 0.25) is 0 Å². The molecule has 0 amide bonds. The van der Waals surface area contributed by atoms with Crippen molar-refractivity contribution in [3.63, 3.8) is 0 Å². The maximum Gasteiger partial charge on any atom is 0.469 e. The smallest absolute Gasteiger partial charge is 0.462 e. The van der Waals surface area contributed by atoms with E-state index in [1.54, 1.807) is 0 Å². The zero-order valence-electron chi connectivity index (χ0n) is 15.1. The van der Waals surface area contributed by atoms with Crippen LogP contribution < -0.4 is 0 Å². The number of esters is 2. The summed E-state index contributed by atoms with van der Waals surface area (Å²) in [4.78, 5) is 40.7. The Bertz CT molecular complexity index is 420. The lowest BCUT2D eigenvalue weighted by Crippen LogP contribution is -2.29. The van der Waals surface area contributed by atoms with Crippen molar-refractivity contribution in [3.8, 4) is 0 Å². The molecule has 2 N–H and O–H groups in total. The van der Waals surface area contributed by atoms with Crippen molar-refractivity contribution in [2.75, 3.05) is 13.2 Å². The summed E-state index contributed by atoms with van der Waals surface area (Å²) in [5.74, 6) is -0.961. The number of carbonyl (C=O) groups excluding carboxylic acids is 2. The van der Waals surface area contributed by atoms with Gasteiger partial charge in [-0.15, -0.1) is 0 Å². The molecule has 0 rings (SSSR count). The zero-order valence-corrected chi connectivity index (χ0v) is 16.0. The fourth-order valence-corrected chi connectivity index (χ4v) is 2.41. The number of phosphoric acid groups is 1. The molecule has 0 aromatic carbocycles. The Hall–Kier alpha value is -0.950. The van der Waals surface area contributed by atoms with E-state index in [1.807, 2.05) is 6.92 Å². The first kappa shape index (κ1) is 24.1. The maximum atomic E-state index is 11.8. The highest BCUT2D eigenvalue weighted by Crippen LogP contribution is 2.35. The van der Waals surface area contributed by atoms with E-state index in [0.717, 1.165) is 25.7 Å². The van der Waals surface area contributed by atoms with Crippen LogP contribution in [0.25, 0.3) is 0 Å². The van der Waals surface area contributed by atoms with Crippen LogP contribution in [0.4, 0.5) is 0 Å².